The molecule has 2 aromatic rings. The van der Waals surface area contributed by atoms with Gasteiger partial charge in [0.05, 0.1) is 35.8 Å². The van der Waals surface area contributed by atoms with Crippen LogP contribution in [0.15, 0.2) is 35.5 Å². The molecule has 2 N–H and O–H groups in total. The fraction of sp³-hybridized carbons (Fsp3) is 0.375. The Kier molecular flexibility index (Phi) is 8.40. The lowest BCUT2D eigenvalue weighted by molar-refractivity contribution is -0.276. The van der Waals surface area contributed by atoms with E-state index in [1.54, 1.807) is 0 Å². The number of rotatable bonds is 7. The Balaban J connectivity index is 1.85. The molecule has 2 amide bonds. The number of oxime groups is 1. The van der Waals surface area contributed by atoms with Gasteiger partial charge < -0.3 is 15.5 Å². The quantitative estimate of drug-likeness (QED) is 0.388. The summed E-state index contributed by atoms with van der Waals surface area (Å²) < 4.78 is 123. The summed E-state index contributed by atoms with van der Waals surface area (Å²) in [6.07, 6.45) is -11.8. The maximum atomic E-state index is 14.7. The zero-order valence-electron chi connectivity index (χ0n) is 20.5. The average molecular weight is 604 g/mol. The summed E-state index contributed by atoms with van der Waals surface area (Å²) in [5, 5.41) is 6.29. The molecular weight excluding hydrogens is 585 g/mol. The van der Waals surface area contributed by atoms with Crippen LogP contribution in [-0.2, 0) is 21.4 Å². The van der Waals surface area contributed by atoms with E-state index in [0.29, 0.717) is 6.92 Å². The van der Waals surface area contributed by atoms with Crippen molar-refractivity contribution < 1.29 is 53.9 Å². The minimum Gasteiger partial charge on any atom is -0.374 e. The Labute approximate surface area is 225 Å². The molecular formula is C24H19ClF9N3O3. The molecule has 0 bridgehead atoms. The molecule has 2 aromatic carbocycles. The minimum absolute atomic E-state index is 0.0263. The van der Waals surface area contributed by atoms with Crippen LogP contribution in [0.25, 0.3) is 0 Å². The van der Waals surface area contributed by atoms with Gasteiger partial charge in [-0.1, -0.05) is 22.8 Å². The first-order chi connectivity index (χ1) is 18.2. The lowest BCUT2D eigenvalue weighted by Gasteiger charge is -2.30. The summed E-state index contributed by atoms with van der Waals surface area (Å²) in [5.74, 6) is -6.63. The average Bonchev–Trinajstić information content (AvgIpc) is 3.28. The highest BCUT2D eigenvalue weighted by Crippen LogP contribution is 2.51. The first-order valence-corrected chi connectivity index (χ1v) is 11.6. The molecule has 0 unspecified atom stereocenters. The van der Waals surface area contributed by atoms with E-state index >= 15 is 0 Å². The summed E-state index contributed by atoms with van der Waals surface area (Å²) in [7, 11) is 0. The maximum Gasteiger partial charge on any atom is 0.435 e. The van der Waals surface area contributed by atoms with Crippen molar-refractivity contribution >= 4 is 29.1 Å². The topological polar surface area (TPSA) is 79.8 Å². The number of alkyl halides is 8. The SMILES string of the molecule is Cc1cc(C2=NO[C@@](c3cc(C(F)(F)F)cc(Cl)c3F)(C(F)(F)F)C2)ccc1C(=O)NCC(=O)NCC(C)(F)F. The third kappa shape index (κ3) is 6.62. The van der Waals surface area contributed by atoms with Crippen LogP contribution < -0.4 is 10.6 Å². The number of nitrogens with one attached hydrogen (secondary N) is 2. The lowest BCUT2D eigenvalue weighted by atomic mass is 9.85. The van der Waals surface area contributed by atoms with Gasteiger partial charge in [-0.25, -0.2) is 13.2 Å². The van der Waals surface area contributed by atoms with Gasteiger partial charge in [0.15, 0.2) is 0 Å². The smallest absolute Gasteiger partial charge is 0.374 e. The van der Waals surface area contributed by atoms with Crippen LogP contribution in [0.3, 0.4) is 0 Å². The molecule has 1 aliphatic rings. The third-order valence-corrected chi connectivity index (χ3v) is 6.06. The predicted octanol–water partition coefficient (Wildman–Crippen LogP) is 5.89. The number of aryl methyl sites for hydroxylation is 1. The second-order valence-corrected chi connectivity index (χ2v) is 9.41. The molecule has 0 saturated carbocycles. The van der Waals surface area contributed by atoms with Crippen LogP contribution in [0.4, 0.5) is 39.5 Å². The van der Waals surface area contributed by atoms with Gasteiger partial charge in [-0.05, 0) is 42.3 Å². The van der Waals surface area contributed by atoms with Crippen molar-refractivity contribution in [3.8, 4) is 0 Å². The summed E-state index contributed by atoms with van der Waals surface area (Å²) in [4.78, 5) is 28.7. The zero-order chi connectivity index (χ0) is 30.3. The number of carbonyl (C=O) groups excluding carboxylic acids is 2. The van der Waals surface area contributed by atoms with Crippen LogP contribution >= 0.6 is 11.6 Å². The number of halogens is 10. The second kappa shape index (κ2) is 10.8. The van der Waals surface area contributed by atoms with Crippen molar-refractivity contribution in [3.63, 3.8) is 0 Å². The van der Waals surface area contributed by atoms with Crippen LogP contribution in [0, 0.1) is 12.7 Å². The molecule has 1 atom stereocenters. The minimum atomic E-state index is -5.44. The molecule has 6 nitrogen and oxygen atoms in total. The van der Waals surface area contributed by atoms with E-state index in [0.717, 1.165) is 12.1 Å². The van der Waals surface area contributed by atoms with Crippen molar-refractivity contribution in [1.29, 1.82) is 0 Å². The lowest BCUT2D eigenvalue weighted by Crippen LogP contribution is -2.43. The summed E-state index contributed by atoms with van der Waals surface area (Å²) in [6.45, 7) is 0.377. The highest BCUT2D eigenvalue weighted by Gasteiger charge is 2.64. The Morgan fingerprint density at radius 2 is 1.70 bits per heavy atom. The first-order valence-electron chi connectivity index (χ1n) is 11.2. The molecule has 0 radical (unpaired) electrons. The molecule has 16 heteroatoms. The van der Waals surface area contributed by atoms with Crippen LogP contribution in [0.1, 0.15) is 46.0 Å². The van der Waals surface area contributed by atoms with Crippen molar-refractivity contribution in [3.05, 3.63) is 69.0 Å². The zero-order valence-corrected chi connectivity index (χ0v) is 21.2. The molecule has 0 aromatic heterocycles. The highest BCUT2D eigenvalue weighted by molar-refractivity contribution is 6.30. The summed E-state index contributed by atoms with van der Waals surface area (Å²) >= 11 is 5.49. The standard InChI is InChI=1S/C24H19ClF9N3O3/c1-11-5-12(3-4-14(11)20(39)35-9-18(38)36-10-21(2,27)28)17-8-22(40-37-17,24(32,33)34)15-6-13(23(29,30)31)7-16(25)19(15)26/h3-7H,8-10H2,1-2H3,(H,35,39)(H,36,38)/t22-/m0/s1. The Hall–Kier alpha value is -3.49. The second-order valence-electron chi connectivity index (χ2n) is 9.01. The summed E-state index contributed by atoms with van der Waals surface area (Å²) in [6, 6.07) is 3.65. The van der Waals surface area contributed by atoms with Gasteiger partial charge in [-0.15, -0.1) is 0 Å². The molecule has 3 rings (SSSR count). The van der Waals surface area contributed by atoms with Gasteiger partial charge in [0.2, 0.25) is 5.91 Å². The van der Waals surface area contributed by atoms with E-state index in [9.17, 15) is 49.1 Å². The number of nitrogens with zero attached hydrogens (tertiary/aromatic N) is 1. The van der Waals surface area contributed by atoms with Gasteiger partial charge in [0, 0.05) is 18.1 Å². The van der Waals surface area contributed by atoms with Crippen LogP contribution in [0.2, 0.25) is 5.02 Å². The highest BCUT2D eigenvalue weighted by atomic mass is 35.5. The third-order valence-electron chi connectivity index (χ3n) is 5.79. The number of hydrogen-bond acceptors (Lipinski definition) is 4. The van der Waals surface area contributed by atoms with Crippen molar-refractivity contribution in [2.24, 2.45) is 5.16 Å². The van der Waals surface area contributed by atoms with Crippen molar-refractivity contribution in [1.82, 2.24) is 10.6 Å². The molecule has 1 aliphatic heterocycles. The number of amides is 2. The molecule has 0 fully saturated rings. The van der Waals surface area contributed by atoms with Gasteiger partial charge in [0.1, 0.15) is 5.82 Å². The van der Waals surface area contributed by atoms with Gasteiger partial charge in [0.25, 0.3) is 17.4 Å². The number of carbonyl (C=O) groups is 2. The molecule has 1 heterocycles. The number of hydrogen-bond donors (Lipinski definition) is 2. The number of benzene rings is 2. The fourth-order valence-electron chi connectivity index (χ4n) is 3.75. The Bertz CT molecular complexity index is 1350. The normalized spacial score (nSPS) is 17.8. The molecule has 218 valence electrons. The van der Waals surface area contributed by atoms with Crippen molar-refractivity contribution in [2.45, 2.75) is 44.1 Å². The molecule has 0 saturated heterocycles. The van der Waals surface area contributed by atoms with E-state index in [2.05, 4.69) is 15.3 Å². The van der Waals surface area contributed by atoms with E-state index in [1.165, 1.54) is 13.0 Å². The van der Waals surface area contributed by atoms with Crippen LogP contribution in [-0.4, -0.2) is 42.7 Å². The molecule has 0 aliphatic carbocycles. The monoisotopic (exact) mass is 603 g/mol. The fourth-order valence-corrected chi connectivity index (χ4v) is 3.97. The Morgan fingerprint density at radius 1 is 1.05 bits per heavy atom. The van der Waals surface area contributed by atoms with E-state index in [-0.39, 0.29) is 28.8 Å². The Morgan fingerprint density at radius 3 is 2.25 bits per heavy atom. The molecule has 40 heavy (non-hydrogen) atoms. The van der Waals surface area contributed by atoms with Crippen molar-refractivity contribution in [2.75, 3.05) is 13.1 Å². The van der Waals surface area contributed by atoms with E-state index in [4.69, 9.17) is 11.6 Å². The van der Waals surface area contributed by atoms with E-state index in [1.807, 2.05) is 5.32 Å². The van der Waals surface area contributed by atoms with Gasteiger partial charge in [-0.3, -0.25) is 9.59 Å². The van der Waals surface area contributed by atoms with Crippen LogP contribution in [0.5, 0.6) is 0 Å². The largest absolute Gasteiger partial charge is 0.435 e. The summed E-state index contributed by atoms with van der Waals surface area (Å²) in [5.41, 5.74) is -7.07. The van der Waals surface area contributed by atoms with Gasteiger partial charge >= 0.3 is 12.4 Å². The first kappa shape index (κ1) is 31.0. The maximum absolute atomic E-state index is 14.7. The molecule has 0 spiro atoms. The predicted molar refractivity (Wildman–Crippen MR) is 124 cm³/mol. The van der Waals surface area contributed by atoms with E-state index < -0.39 is 82.9 Å². The van der Waals surface area contributed by atoms with Gasteiger partial charge in [-0.2, -0.15) is 26.3 Å².